The number of carbonyl (C=O) groups excluding carboxylic acids is 1. The number of carboxylic acid groups (broad SMARTS) is 1. The Kier molecular flexibility index (Phi) is 7.26. The SMILES string of the molecule is CN1C(=O)/C(=C/c2cc(Cl)c(OCc3ccccc3)c(Cl)c2)SC1=Nc1ccc(C(=O)O)cc1. The van der Waals surface area contributed by atoms with Gasteiger partial charge >= 0.3 is 5.97 Å². The normalized spacial score (nSPS) is 15.9. The zero-order valence-electron chi connectivity index (χ0n) is 17.9. The van der Waals surface area contributed by atoms with E-state index in [4.69, 9.17) is 33.0 Å². The van der Waals surface area contributed by atoms with Crippen LogP contribution in [0, 0.1) is 0 Å². The zero-order chi connectivity index (χ0) is 24.2. The molecule has 0 unspecified atom stereocenters. The number of ether oxygens (including phenoxy) is 1. The van der Waals surface area contributed by atoms with E-state index in [1.807, 2.05) is 30.3 Å². The number of hydrogen-bond donors (Lipinski definition) is 1. The molecule has 3 aromatic rings. The second kappa shape index (κ2) is 10.3. The van der Waals surface area contributed by atoms with Crippen molar-refractivity contribution in [2.75, 3.05) is 7.05 Å². The van der Waals surface area contributed by atoms with E-state index in [1.54, 1.807) is 37.4 Å². The predicted octanol–water partition coefficient (Wildman–Crippen LogP) is 6.50. The molecule has 3 aromatic carbocycles. The molecule has 1 N–H and O–H groups in total. The van der Waals surface area contributed by atoms with Crippen LogP contribution in [0.5, 0.6) is 5.75 Å². The van der Waals surface area contributed by atoms with Crippen molar-refractivity contribution in [1.82, 2.24) is 4.90 Å². The number of amides is 1. The van der Waals surface area contributed by atoms with Crippen LogP contribution in [0.2, 0.25) is 10.0 Å². The summed E-state index contributed by atoms with van der Waals surface area (Å²) in [6, 6.07) is 19.1. The summed E-state index contributed by atoms with van der Waals surface area (Å²) in [5, 5.41) is 10.2. The summed E-state index contributed by atoms with van der Waals surface area (Å²) in [7, 11) is 1.63. The van der Waals surface area contributed by atoms with Gasteiger partial charge in [0, 0.05) is 7.05 Å². The Balaban J connectivity index is 1.53. The van der Waals surface area contributed by atoms with Crippen molar-refractivity contribution in [3.05, 3.63) is 98.4 Å². The van der Waals surface area contributed by atoms with Gasteiger partial charge in [-0.3, -0.25) is 9.69 Å². The summed E-state index contributed by atoms with van der Waals surface area (Å²) in [4.78, 5) is 30.1. The number of carbonyl (C=O) groups is 2. The first-order valence-corrected chi connectivity index (χ1v) is 11.6. The van der Waals surface area contributed by atoms with Gasteiger partial charge in [-0.15, -0.1) is 0 Å². The van der Waals surface area contributed by atoms with Crippen molar-refractivity contribution >= 4 is 63.8 Å². The summed E-state index contributed by atoms with van der Waals surface area (Å²) in [6.07, 6.45) is 1.69. The fourth-order valence-electron chi connectivity index (χ4n) is 3.12. The number of hydrogen-bond acceptors (Lipinski definition) is 5. The van der Waals surface area contributed by atoms with E-state index in [0.717, 1.165) is 5.56 Å². The molecule has 0 aliphatic carbocycles. The molecular weight excluding hydrogens is 495 g/mol. The highest BCUT2D eigenvalue weighted by Crippen LogP contribution is 2.38. The first-order chi connectivity index (χ1) is 16.3. The Hall–Kier alpha value is -3.26. The van der Waals surface area contributed by atoms with E-state index < -0.39 is 5.97 Å². The van der Waals surface area contributed by atoms with E-state index in [-0.39, 0.29) is 11.5 Å². The molecule has 0 spiro atoms. The first kappa shape index (κ1) is 23.9. The predicted molar refractivity (Wildman–Crippen MR) is 136 cm³/mol. The van der Waals surface area contributed by atoms with Crippen molar-refractivity contribution in [3.63, 3.8) is 0 Å². The van der Waals surface area contributed by atoms with Crippen LogP contribution in [0.15, 0.2) is 76.6 Å². The van der Waals surface area contributed by atoms with Crippen LogP contribution in [-0.2, 0) is 11.4 Å². The third-order valence-corrected chi connectivity index (χ3v) is 6.51. The standard InChI is InChI=1S/C25H18Cl2N2O4S/c1-29-23(30)21(34-25(29)28-18-9-7-17(8-10-18)24(31)32)13-16-11-19(26)22(20(27)12-16)33-14-15-5-3-2-4-6-15/h2-13H,14H2,1H3,(H,31,32)/b21-13-,28-25?. The molecule has 0 radical (unpaired) electrons. The Morgan fingerprint density at radius 2 is 1.74 bits per heavy atom. The number of thioether (sulfide) groups is 1. The molecule has 0 saturated carbocycles. The highest BCUT2D eigenvalue weighted by Gasteiger charge is 2.30. The average Bonchev–Trinajstić information content (AvgIpc) is 3.07. The number of benzene rings is 3. The molecule has 1 saturated heterocycles. The van der Waals surface area contributed by atoms with Gasteiger partial charge in [0.25, 0.3) is 5.91 Å². The number of nitrogens with zero attached hydrogens (tertiary/aromatic N) is 2. The molecule has 1 amide bonds. The Morgan fingerprint density at radius 1 is 1.09 bits per heavy atom. The number of amidine groups is 1. The van der Waals surface area contributed by atoms with E-state index in [1.165, 1.54) is 28.8 Å². The maximum Gasteiger partial charge on any atom is 0.335 e. The average molecular weight is 513 g/mol. The van der Waals surface area contributed by atoms with Gasteiger partial charge in [0.2, 0.25) is 0 Å². The monoisotopic (exact) mass is 512 g/mol. The quantitative estimate of drug-likeness (QED) is 0.381. The van der Waals surface area contributed by atoms with Gasteiger partial charge in [0.15, 0.2) is 10.9 Å². The van der Waals surface area contributed by atoms with Gasteiger partial charge in [-0.05, 0) is 65.4 Å². The number of halogens is 2. The van der Waals surface area contributed by atoms with Gasteiger partial charge < -0.3 is 9.84 Å². The maximum atomic E-state index is 12.7. The lowest BCUT2D eigenvalue weighted by Crippen LogP contribution is -2.23. The topological polar surface area (TPSA) is 79.2 Å². The van der Waals surface area contributed by atoms with Crippen LogP contribution in [0.4, 0.5) is 5.69 Å². The molecule has 0 atom stereocenters. The molecule has 1 aliphatic heterocycles. The van der Waals surface area contributed by atoms with Crippen LogP contribution < -0.4 is 4.74 Å². The lowest BCUT2D eigenvalue weighted by Gasteiger charge is -2.11. The minimum absolute atomic E-state index is 0.165. The molecule has 0 bridgehead atoms. The number of aliphatic imine (C=N–C) groups is 1. The Bertz CT molecular complexity index is 1290. The first-order valence-electron chi connectivity index (χ1n) is 10.1. The number of aromatic carboxylic acids is 1. The number of rotatable bonds is 6. The van der Waals surface area contributed by atoms with Crippen LogP contribution >= 0.6 is 35.0 Å². The van der Waals surface area contributed by atoms with Crippen LogP contribution in [0.1, 0.15) is 21.5 Å². The van der Waals surface area contributed by atoms with Crippen LogP contribution in [-0.4, -0.2) is 34.1 Å². The van der Waals surface area contributed by atoms with Gasteiger partial charge in [0.1, 0.15) is 6.61 Å². The van der Waals surface area contributed by atoms with Crippen LogP contribution in [0.25, 0.3) is 6.08 Å². The molecule has 0 aromatic heterocycles. The highest BCUT2D eigenvalue weighted by molar-refractivity contribution is 8.18. The zero-order valence-corrected chi connectivity index (χ0v) is 20.2. The third kappa shape index (κ3) is 5.44. The Labute approximate surface area is 210 Å². The minimum atomic E-state index is -1.01. The van der Waals surface area contributed by atoms with Gasteiger partial charge in [-0.25, -0.2) is 9.79 Å². The summed E-state index contributed by atoms with van der Waals surface area (Å²) in [5.74, 6) is -0.854. The molecule has 34 heavy (non-hydrogen) atoms. The minimum Gasteiger partial charge on any atom is -0.486 e. The molecule has 1 aliphatic rings. The highest BCUT2D eigenvalue weighted by atomic mass is 35.5. The Morgan fingerprint density at radius 3 is 2.35 bits per heavy atom. The second-order valence-corrected chi connectivity index (χ2v) is 9.13. The lowest BCUT2D eigenvalue weighted by atomic mass is 10.2. The molecule has 9 heteroatoms. The summed E-state index contributed by atoms with van der Waals surface area (Å²) in [5.41, 5.74) is 2.34. The molecule has 4 rings (SSSR count). The summed E-state index contributed by atoms with van der Waals surface area (Å²) < 4.78 is 5.80. The molecule has 1 fully saturated rings. The van der Waals surface area contributed by atoms with Crippen LogP contribution in [0.3, 0.4) is 0 Å². The third-order valence-electron chi connectivity index (χ3n) is 4.89. The van der Waals surface area contributed by atoms with Crippen molar-refractivity contribution in [2.45, 2.75) is 6.61 Å². The van der Waals surface area contributed by atoms with Crippen molar-refractivity contribution in [3.8, 4) is 5.75 Å². The molecule has 172 valence electrons. The fourth-order valence-corrected chi connectivity index (χ4v) is 4.72. The lowest BCUT2D eigenvalue weighted by molar-refractivity contribution is -0.121. The van der Waals surface area contributed by atoms with E-state index >= 15 is 0 Å². The smallest absolute Gasteiger partial charge is 0.335 e. The second-order valence-electron chi connectivity index (χ2n) is 7.31. The van der Waals surface area contributed by atoms with Gasteiger partial charge in [0.05, 0.1) is 26.2 Å². The van der Waals surface area contributed by atoms with E-state index in [9.17, 15) is 9.59 Å². The van der Waals surface area contributed by atoms with Crippen molar-refractivity contribution in [2.24, 2.45) is 4.99 Å². The van der Waals surface area contributed by atoms with E-state index in [2.05, 4.69) is 4.99 Å². The van der Waals surface area contributed by atoms with Gasteiger partial charge in [-0.2, -0.15) is 0 Å². The summed E-state index contributed by atoms with van der Waals surface area (Å²) in [6.45, 7) is 0.327. The van der Waals surface area contributed by atoms with Crippen molar-refractivity contribution in [1.29, 1.82) is 0 Å². The maximum absolute atomic E-state index is 12.7. The molecule has 6 nitrogen and oxygen atoms in total. The number of carboxylic acids is 1. The van der Waals surface area contributed by atoms with Gasteiger partial charge in [-0.1, -0.05) is 53.5 Å². The fraction of sp³-hybridized carbons (Fsp3) is 0.0800. The van der Waals surface area contributed by atoms with E-state index in [0.29, 0.717) is 43.7 Å². The van der Waals surface area contributed by atoms with Crippen molar-refractivity contribution < 1.29 is 19.4 Å². The molecular formula is C25H18Cl2N2O4S. The summed E-state index contributed by atoms with van der Waals surface area (Å²) >= 11 is 14.0. The largest absolute Gasteiger partial charge is 0.486 e. The molecule has 1 heterocycles. The number of likely N-dealkylation sites (N-methyl/N-ethyl adjacent to an activating group) is 1.